The maximum absolute atomic E-state index is 2.49. The van der Waals surface area contributed by atoms with Gasteiger partial charge in [-0.05, 0) is 138 Å². The summed E-state index contributed by atoms with van der Waals surface area (Å²) in [5.41, 5.74) is 24.5. The van der Waals surface area contributed by atoms with Gasteiger partial charge in [-0.2, -0.15) is 0 Å². The molecule has 0 radical (unpaired) electrons. The Balaban J connectivity index is 1.03. The second kappa shape index (κ2) is 14.4. The molecule has 0 heteroatoms. The van der Waals surface area contributed by atoms with Gasteiger partial charge in [0.15, 0.2) is 0 Å². The Morgan fingerprint density at radius 3 is 1.66 bits per heavy atom. The molecule has 2 aliphatic carbocycles. The average Bonchev–Trinajstić information content (AvgIpc) is 3.75. The van der Waals surface area contributed by atoms with Crippen molar-refractivity contribution < 1.29 is 0 Å². The third-order valence-electron chi connectivity index (χ3n) is 14.8. The molecule has 0 unspecified atom stereocenters. The van der Waals surface area contributed by atoms with Gasteiger partial charge in [0.2, 0.25) is 0 Å². The van der Waals surface area contributed by atoms with Crippen LogP contribution in [0.25, 0.3) is 66.1 Å². The smallest absolute Gasteiger partial charge is 0.0619 e. The van der Waals surface area contributed by atoms with Crippen molar-refractivity contribution in [1.29, 1.82) is 0 Å². The third kappa shape index (κ3) is 5.61. The number of hydrogen-bond donors (Lipinski definition) is 0. The molecule has 64 heavy (non-hydrogen) atoms. The second-order valence-electron chi connectivity index (χ2n) is 19.0. The molecule has 0 bridgehead atoms. The van der Waals surface area contributed by atoms with Crippen LogP contribution in [-0.2, 0) is 17.3 Å². The first-order valence-corrected chi connectivity index (χ1v) is 22.9. The summed E-state index contributed by atoms with van der Waals surface area (Å²) in [4.78, 5) is 0. The standard InChI is InChI=1S/C64H50/c1-40-24-30-46(31-25-40)64(47-32-26-41(2)27-33-47)59-22-11-9-17-56(59)61-53(18-13-23-60(61)64)51-35-29-44(48-14-6-7-15-50(48)51)37-43-38-45-36-42(3)28-34-49(45)57(39-43)55-20-12-19-54-52-16-8-10-21-58(52)63(4,5)62(54)55/h6-36,38-39H,37H2,1-5H3. The Morgan fingerprint density at radius 2 is 0.922 bits per heavy atom. The molecule has 0 saturated carbocycles. The summed E-state index contributed by atoms with van der Waals surface area (Å²) in [5, 5.41) is 5.19. The van der Waals surface area contributed by atoms with E-state index in [1.54, 1.807) is 0 Å². The first-order valence-electron chi connectivity index (χ1n) is 22.9. The van der Waals surface area contributed by atoms with Gasteiger partial charge in [-0.25, -0.2) is 0 Å². The van der Waals surface area contributed by atoms with Crippen LogP contribution in [0, 0.1) is 20.8 Å². The van der Waals surface area contributed by atoms with E-state index in [1.165, 1.54) is 127 Å². The maximum atomic E-state index is 2.49. The van der Waals surface area contributed by atoms with Crippen LogP contribution in [0.4, 0.5) is 0 Å². The van der Waals surface area contributed by atoms with Crippen molar-refractivity contribution in [2.24, 2.45) is 0 Å². The van der Waals surface area contributed by atoms with Gasteiger partial charge in [-0.1, -0.05) is 231 Å². The second-order valence-corrected chi connectivity index (χ2v) is 19.0. The summed E-state index contributed by atoms with van der Waals surface area (Å²) in [6, 6.07) is 76.4. The monoisotopic (exact) mass is 818 g/mol. The number of aryl methyl sites for hydroxylation is 3. The quantitative estimate of drug-likeness (QED) is 0.157. The van der Waals surface area contributed by atoms with Gasteiger partial charge in [0.25, 0.3) is 0 Å². The largest absolute Gasteiger partial charge is 0.0713 e. The maximum Gasteiger partial charge on any atom is 0.0713 e. The lowest BCUT2D eigenvalue weighted by Crippen LogP contribution is -2.28. The van der Waals surface area contributed by atoms with Crippen LogP contribution >= 0.6 is 0 Å². The summed E-state index contributed by atoms with van der Waals surface area (Å²) in [6.07, 6.45) is 0.829. The summed E-state index contributed by atoms with van der Waals surface area (Å²) < 4.78 is 0. The first-order chi connectivity index (χ1) is 31.2. The van der Waals surface area contributed by atoms with Crippen molar-refractivity contribution in [2.45, 2.75) is 51.9 Å². The van der Waals surface area contributed by atoms with E-state index in [9.17, 15) is 0 Å². The predicted octanol–water partition coefficient (Wildman–Crippen LogP) is 16.5. The van der Waals surface area contributed by atoms with Gasteiger partial charge in [0, 0.05) is 5.41 Å². The molecule has 0 N–H and O–H groups in total. The molecule has 0 fully saturated rings. The van der Waals surface area contributed by atoms with Gasteiger partial charge in [-0.15, -0.1) is 0 Å². The fourth-order valence-electron chi connectivity index (χ4n) is 11.9. The Kier molecular flexibility index (Phi) is 8.63. The molecular weight excluding hydrogens is 769 g/mol. The molecule has 0 atom stereocenters. The Hall–Kier alpha value is -7.28. The van der Waals surface area contributed by atoms with Crippen molar-refractivity contribution in [3.63, 3.8) is 0 Å². The van der Waals surface area contributed by atoms with Gasteiger partial charge in [0.05, 0.1) is 5.41 Å². The van der Waals surface area contributed by atoms with Crippen LogP contribution in [0.5, 0.6) is 0 Å². The Morgan fingerprint density at radius 1 is 0.359 bits per heavy atom. The molecule has 0 saturated heterocycles. The lowest BCUT2D eigenvalue weighted by atomic mass is 9.67. The van der Waals surface area contributed by atoms with Crippen molar-refractivity contribution >= 4 is 21.5 Å². The van der Waals surface area contributed by atoms with Crippen molar-refractivity contribution in [3.05, 3.63) is 261 Å². The average molecular weight is 819 g/mol. The van der Waals surface area contributed by atoms with Crippen LogP contribution < -0.4 is 0 Å². The third-order valence-corrected chi connectivity index (χ3v) is 14.8. The summed E-state index contributed by atoms with van der Waals surface area (Å²) >= 11 is 0. The Labute approximate surface area is 377 Å². The van der Waals surface area contributed by atoms with Crippen LogP contribution in [0.3, 0.4) is 0 Å². The van der Waals surface area contributed by atoms with Gasteiger partial charge in [-0.3, -0.25) is 0 Å². The van der Waals surface area contributed by atoms with Crippen molar-refractivity contribution in [1.82, 2.24) is 0 Å². The molecule has 306 valence electrons. The number of rotatable bonds is 6. The van der Waals surface area contributed by atoms with Crippen LogP contribution in [0.15, 0.2) is 200 Å². The molecule has 0 amide bonds. The molecule has 0 aromatic heterocycles. The minimum absolute atomic E-state index is 0.111. The molecule has 0 nitrogen and oxygen atoms in total. The summed E-state index contributed by atoms with van der Waals surface area (Å²) in [7, 11) is 0. The topological polar surface area (TPSA) is 0 Å². The highest BCUT2D eigenvalue weighted by Gasteiger charge is 2.47. The fourth-order valence-corrected chi connectivity index (χ4v) is 11.9. The van der Waals surface area contributed by atoms with E-state index in [4.69, 9.17) is 0 Å². The number of fused-ring (bicyclic) bond motifs is 8. The fraction of sp³-hybridized carbons (Fsp3) is 0.125. The lowest BCUT2D eigenvalue weighted by molar-refractivity contribution is 0.662. The molecule has 10 aromatic rings. The zero-order valence-electron chi connectivity index (χ0n) is 37.3. The predicted molar refractivity (Wildman–Crippen MR) is 271 cm³/mol. The van der Waals surface area contributed by atoms with Crippen LogP contribution in [-0.4, -0.2) is 0 Å². The first kappa shape index (κ1) is 38.4. The highest BCUT2D eigenvalue weighted by molar-refractivity contribution is 6.05. The van der Waals surface area contributed by atoms with E-state index < -0.39 is 5.41 Å². The van der Waals surface area contributed by atoms with E-state index in [0.29, 0.717) is 0 Å². The SMILES string of the molecule is Cc1ccc(C2(c3ccc(C)cc3)c3ccccc3-c3c(-c4ccc(Cc5cc(-c6cccc7c6C(C)(C)c6ccccc6-7)c6ccc(C)cc6c5)c5ccccc45)cccc32)cc1. The minimum atomic E-state index is -0.456. The minimum Gasteiger partial charge on any atom is -0.0619 e. The molecule has 12 rings (SSSR count). The van der Waals surface area contributed by atoms with Gasteiger partial charge < -0.3 is 0 Å². The van der Waals surface area contributed by atoms with Crippen molar-refractivity contribution in [3.8, 4) is 44.5 Å². The van der Waals surface area contributed by atoms with Crippen LogP contribution in [0.2, 0.25) is 0 Å². The molecule has 0 aliphatic heterocycles. The Bertz CT molecular complexity index is 3460. The molecule has 2 aliphatic rings. The van der Waals surface area contributed by atoms with E-state index >= 15 is 0 Å². The van der Waals surface area contributed by atoms with Gasteiger partial charge >= 0.3 is 0 Å². The van der Waals surface area contributed by atoms with Crippen LogP contribution in [0.1, 0.15) is 75.0 Å². The van der Waals surface area contributed by atoms with E-state index in [2.05, 4.69) is 235 Å². The molecule has 0 spiro atoms. The highest BCUT2D eigenvalue weighted by Crippen LogP contribution is 2.59. The van der Waals surface area contributed by atoms with E-state index in [-0.39, 0.29) is 5.41 Å². The summed E-state index contributed by atoms with van der Waals surface area (Å²) in [5.74, 6) is 0. The van der Waals surface area contributed by atoms with Crippen molar-refractivity contribution in [2.75, 3.05) is 0 Å². The van der Waals surface area contributed by atoms with E-state index in [0.717, 1.165) is 6.42 Å². The molecular formula is C64H50. The number of hydrogen-bond acceptors (Lipinski definition) is 0. The normalized spacial score (nSPS) is 14.0. The lowest BCUT2D eigenvalue weighted by Gasteiger charge is -2.34. The van der Waals surface area contributed by atoms with E-state index in [1.807, 2.05) is 0 Å². The molecule has 0 heterocycles. The summed E-state index contributed by atoms with van der Waals surface area (Å²) in [6.45, 7) is 11.4. The number of benzene rings is 10. The zero-order valence-corrected chi connectivity index (χ0v) is 37.3. The highest BCUT2D eigenvalue weighted by atomic mass is 14.5. The molecule has 10 aromatic carbocycles. The van der Waals surface area contributed by atoms with Gasteiger partial charge in [0.1, 0.15) is 0 Å². The zero-order chi connectivity index (χ0) is 43.3.